The number of thiazole rings is 1. The van der Waals surface area contributed by atoms with E-state index in [0.717, 1.165) is 21.7 Å². The molecule has 3 aromatic heterocycles. The largest absolute Gasteiger partial charge is 0.496 e. The number of amides is 3. The minimum atomic E-state index is -3.89. The van der Waals surface area contributed by atoms with Crippen LogP contribution >= 0.6 is 11.3 Å². The van der Waals surface area contributed by atoms with Crippen LogP contribution in [-0.2, 0) is 24.4 Å². The molecule has 2 saturated carbocycles. The quantitative estimate of drug-likeness (QED) is 0.132. The number of hydrogen-bond acceptors (Lipinski definition) is 12. The van der Waals surface area contributed by atoms with Gasteiger partial charge in [0.15, 0.2) is 0 Å². The number of anilines is 1. The summed E-state index contributed by atoms with van der Waals surface area (Å²) >= 11 is 1.49. The molecule has 308 valence electrons. The molecule has 1 saturated heterocycles. The van der Waals surface area contributed by atoms with Gasteiger partial charge in [0.25, 0.3) is 5.91 Å². The second-order valence-corrected chi connectivity index (χ2v) is 19.7. The topological polar surface area (TPSA) is 182 Å². The van der Waals surface area contributed by atoms with Gasteiger partial charge >= 0.3 is 0 Å². The Labute approximate surface area is 343 Å². The van der Waals surface area contributed by atoms with Gasteiger partial charge in [0.05, 0.1) is 30.1 Å². The summed E-state index contributed by atoms with van der Waals surface area (Å²) in [5, 5.41) is 9.00. The molecule has 0 radical (unpaired) electrons. The van der Waals surface area contributed by atoms with Crippen molar-refractivity contribution in [3.8, 4) is 22.2 Å². The number of carbonyl (C=O) groups is 3. The van der Waals surface area contributed by atoms with E-state index >= 15 is 0 Å². The summed E-state index contributed by atoms with van der Waals surface area (Å²) in [7, 11) is -2.29. The van der Waals surface area contributed by atoms with Crippen LogP contribution in [0.5, 0.6) is 11.5 Å². The zero-order valence-electron chi connectivity index (χ0n) is 33.9. The van der Waals surface area contributed by atoms with Crippen molar-refractivity contribution in [3.05, 3.63) is 71.9 Å². The summed E-state index contributed by atoms with van der Waals surface area (Å²) in [6.07, 6.45) is 3.69. The molecule has 7 rings (SSSR count). The van der Waals surface area contributed by atoms with E-state index in [2.05, 4.69) is 40.8 Å². The van der Waals surface area contributed by atoms with E-state index in [9.17, 15) is 22.8 Å². The SMILES string of the molecule is C=C[C@@H]1C[C@]1(NC(=O)[C@@H]1C[C@@H](Oc2cc(-c3nc(C(C)C)cs3)nc3c(C)c(OC)ccc23)CN1C(=O)[C@@H](Nc1ccccn1)C(C)(C)C)C(=O)NS(=O)(=O)C1CC1. The first-order chi connectivity index (χ1) is 27.4. The molecular weight excluding hydrogens is 779 g/mol. The van der Waals surface area contributed by atoms with Crippen LogP contribution in [0.25, 0.3) is 21.6 Å². The normalized spacial score (nSPS) is 22.3. The lowest BCUT2D eigenvalue weighted by Crippen LogP contribution is -2.58. The number of likely N-dealkylation sites (tertiary alicyclic amines) is 1. The van der Waals surface area contributed by atoms with Gasteiger partial charge in [-0.3, -0.25) is 19.1 Å². The maximum absolute atomic E-state index is 14.8. The highest BCUT2D eigenvalue weighted by atomic mass is 32.2. The Morgan fingerprint density at radius 3 is 2.47 bits per heavy atom. The van der Waals surface area contributed by atoms with Crippen LogP contribution in [-0.4, -0.2) is 88.6 Å². The van der Waals surface area contributed by atoms with E-state index in [1.54, 1.807) is 25.4 Å². The summed E-state index contributed by atoms with van der Waals surface area (Å²) in [6, 6.07) is 9.04. The fourth-order valence-corrected chi connectivity index (χ4v) is 9.77. The maximum atomic E-state index is 14.8. The van der Waals surface area contributed by atoms with Crippen molar-refractivity contribution in [2.24, 2.45) is 11.3 Å². The molecule has 2 aliphatic carbocycles. The molecule has 14 nitrogen and oxygen atoms in total. The van der Waals surface area contributed by atoms with E-state index < -0.39 is 62.1 Å². The first-order valence-electron chi connectivity index (χ1n) is 19.5. The second kappa shape index (κ2) is 15.6. The molecule has 1 aliphatic heterocycles. The standard InChI is InChI=1S/C42H51N7O7S2/c1-9-25-20-42(25,40(52)48-58(53,54)27-13-14-27)47-37(50)31-18-26(21-49(31)39(51)36(41(5,6)7)46-34-12-10-11-17-43-34)56-33-19-29(38-45-30(22-57-38)23(2)3)44-35-24(4)32(55-8)16-15-28(33)35/h9-12,15-17,19,22-23,25-27,31,36H,1,13-14,18,20-21H2,2-8H3,(H,43,46)(H,47,50)(H,48,52)/t25-,26-,31+,36-,42-/m1/s1. The van der Waals surface area contributed by atoms with E-state index in [1.165, 1.54) is 22.3 Å². The zero-order chi connectivity index (χ0) is 41.7. The number of benzene rings is 1. The smallest absolute Gasteiger partial charge is 0.259 e. The third-order valence-electron chi connectivity index (χ3n) is 11.2. The Bertz CT molecular complexity index is 2360. The summed E-state index contributed by atoms with van der Waals surface area (Å²) in [4.78, 5) is 58.8. The number of rotatable bonds is 14. The van der Waals surface area contributed by atoms with Crippen LogP contribution in [0.3, 0.4) is 0 Å². The molecule has 0 bridgehead atoms. The van der Waals surface area contributed by atoms with Gasteiger partial charge in [-0.25, -0.2) is 23.4 Å². The van der Waals surface area contributed by atoms with E-state index in [4.69, 9.17) is 19.4 Å². The van der Waals surface area contributed by atoms with Crippen molar-refractivity contribution in [1.82, 2.24) is 29.9 Å². The minimum absolute atomic E-state index is 0.0383. The monoisotopic (exact) mass is 829 g/mol. The number of aromatic nitrogens is 3. The lowest BCUT2D eigenvalue weighted by atomic mass is 9.85. The van der Waals surface area contributed by atoms with Crippen LogP contribution in [0.2, 0.25) is 0 Å². The number of fused-ring (bicyclic) bond motifs is 1. The number of nitrogens with one attached hydrogen (secondary N) is 3. The molecule has 0 unspecified atom stereocenters. The maximum Gasteiger partial charge on any atom is 0.259 e. The first-order valence-corrected chi connectivity index (χ1v) is 22.0. The van der Waals surface area contributed by atoms with Gasteiger partial charge in [0.2, 0.25) is 21.8 Å². The number of hydrogen-bond donors (Lipinski definition) is 3. The Kier molecular flexibility index (Phi) is 11.0. The minimum Gasteiger partial charge on any atom is -0.496 e. The second-order valence-electron chi connectivity index (χ2n) is 16.8. The third-order valence-corrected chi connectivity index (χ3v) is 13.9. The van der Waals surface area contributed by atoms with Gasteiger partial charge in [-0.05, 0) is 61.8 Å². The van der Waals surface area contributed by atoms with Gasteiger partial charge < -0.3 is 25.0 Å². The van der Waals surface area contributed by atoms with Crippen LogP contribution in [0, 0.1) is 18.3 Å². The van der Waals surface area contributed by atoms with Crippen molar-refractivity contribution in [2.75, 3.05) is 19.0 Å². The van der Waals surface area contributed by atoms with Gasteiger partial charge in [0.1, 0.15) is 51.7 Å². The van der Waals surface area contributed by atoms with E-state index in [-0.39, 0.29) is 31.2 Å². The predicted octanol–water partition coefficient (Wildman–Crippen LogP) is 5.74. The molecule has 3 N–H and O–H groups in total. The Morgan fingerprint density at radius 1 is 1.10 bits per heavy atom. The predicted molar refractivity (Wildman–Crippen MR) is 223 cm³/mol. The van der Waals surface area contributed by atoms with Gasteiger partial charge in [0, 0.05) is 40.9 Å². The average Bonchev–Trinajstić information content (AvgIpc) is 4.06. The first kappa shape index (κ1) is 41.1. The molecule has 16 heteroatoms. The summed E-state index contributed by atoms with van der Waals surface area (Å²) < 4.78 is 40.3. The van der Waals surface area contributed by atoms with Crippen LogP contribution < -0.4 is 24.8 Å². The summed E-state index contributed by atoms with van der Waals surface area (Å²) in [6.45, 7) is 15.7. The number of sulfonamides is 1. The number of ether oxygens (including phenoxy) is 2. The summed E-state index contributed by atoms with van der Waals surface area (Å²) in [5.74, 6) is -0.391. The van der Waals surface area contributed by atoms with Crippen molar-refractivity contribution in [2.45, 2.75) is 102 Å². The van der Waals surface area contributed by atoms with E-state index in [0.29, 0.717) is 41.4 Å². The highest BCUT2D eigenvalue weighted by molar-refractivity contribution is 7.91. The van der Waals surface area contributed by atoms with Gasteiger partial charge in [-0.2, -0.15) is 0 Å². The fraction of sp³-hybridized carbons (Fsp3) is 0.476. The summed E-state index contributed by atoms with van der Waals surface area (Å²) in [5.41, 5.74) is 0.881. The van der Waals surface area contributed by atoms with Crippen molar-refractivity contribution in [1.29, 1.82) is 0 Å². The fourth-order valence-electron chi connectivity index (χ4n) is 7.46. The Morgan fingerprint density at radius 2 is 1.86 bits per heavy atom. The Hall–Kier alpha value is -5.09. The zero-order valence-corrected chi connectivity index (χ0v) is 35.5. The van der Waals surface area contributed by atoms with Crippen molar-refractivity contribution >= 4 is 55.8 Å². The molecule has 3 amide bonds. The van der Waals surface area contributed by atoms with Crippen LogP contribution in [0.4, 0.5) is 5.82 Å². The van der Waals surface area contributed by atoms with E-state index in [1.807, 2.05) is 57.3 Å². The number of carbonyl (C=O) groups excluding carboxylic acids is 3. The highest BCUT2D eigenvalue weighted by Crippen LogP contribution is 2.46. The lowest BCUT2D eigenvalue weighted by molar-refractivity contribution is -0.141. The number of aryl methyl sites for hydroxylation is 1. The number of pyridine rings is 2. The van der Waals surface area contributed by atoms with Gasteiger partial charge in [-0.15, -0.1) is 17.9 Å². The average molecular weight is 830 g/mol. The molecule has 4 aromatic rings. The molecule has 1 aromatic carbocycles. The lowest BCUT2D eigenvalue weighted by Gasteiger charge is -2.36. The highest BCUT2D eigenvalue weighted by Gasteiger charge is 2.62. The Balaban J connectivity index is 1.24. The molecule has 58 heavy (non-hydrogen) atoms. The van der Waals surface area contributed by atoms with Gasteiger partial charge in [-0.1, -0.05) is 46.8 Å². The number of nitrogens with zero attached hydrogens (tertiary/aromatic N) is 4. The van der Waals surface area contributed by atoms with Crippen molar-refractivity contribution in [3.63, 3.8) is 0 Å². The molecule has 3 aliphatic rings. The third kappa shape index (κ3) is 8.13. The molecule has 5 atom stereocenters. The molecular formula is C42H51N7O7S2. The molecule has 3 fully saturated rings. The van der Waals surface area contributed by atoms with Crippen LogP contribution in [0.15, 0.2) is 60.6 Å². The molecule has 4 heterocycles. The van der Waals surface area contributed by atoms with Crippen molar-refractivity contribution < 1.29 is 32.3 Å². The van der Waals surface area contributed by atoms with Crippen LogP contribution in [0.1, 0.15) is 77.5 Å². The number of methoxy groups -OCH3 is 1. The molecule has 0 spiro atoms.